The predicted octanol–water partition coefficient (Wildman–Crippen LogP) is 1.16. The van der Waals surface area contributed by atoms with E-state index in [0.29, 0.717) is 11.3 Å². The van der Waals surface area contributed by atoms with Crippen molar-refractivity contribution < 1.29 is 23.8 Å². The monoisotopic (exact) mass is 314 g/mol. The Labute approximate surface area is 133 Å². The second-order valence-corrected chi connectivity index (χ2v) is 5.03. The Bertz CT molecular complexity index is 696. The molecule has 1 saturated carbocycles. The maximum absolute atomic E-state index is 12.3. The van der Waals surface area contributed by atoms with E-state index < -0.39 is 28.7 Å². The van der Waals surface area contributed by atoms with E-state index in [1.165, 1.54) is 7.11 Å². The van der Waals surface area contributed by atoms with Gasteiger partial charge in [0, 0.05) is 5.92 Å². The minimum atomic E-state index is -1.99. The van der Waals surface area contributed by atoms with Crippen molar-refractivity contribution in [3.8, 4) is 17.9 Å². The molecule has 1 aliphatic carbocycles. The summed E-state index contributed by atoms with van der Waals surface area (Å²) in [4.78, 5) is 24.6. The van der Waals surface area contributed by atoms with Crippen molar-refractivity contribution in [3.05, 3.63) is 29.8 Å². The lowest BCUT2D eigenvalue weighted by atomic mass is 9.95. The van der Waals surface area contributed by atoms with E-state index in [-0.39, 0.29) is 0 Å². The minimum absolute atomic E-state index is 0.477. The van der Waals surface area contributed by atoms with Crippen LogP contribution in [0.3, 0.4) is 0 Å². The van der Waals surface area contributed by atoms with Gasteiger partial charge in [0.25, 0.3) is 0 Å². The molecule has 0 aromatic heterocycles. The summed E-state index contributed by atoms with van der Waals surface area (Å²) in [5.41, 5.74) is -3.39. The number of ether oxygens (including phenoxy) is 3. The number of hydrogen-bond donors (Lipinski definition) is 0. The van der Waals surface area contributed by atoms with E-state index in [2.05, 4.69) is 9.47 Å². The SMILES string of the molecule is COC(=O)C1(C(=O)OC)C(c2ccc(OC)cc2)C1(C#N)C#N. The van der Waals surface area contributed by atoms with Crippen LogP contribution in [0.5, 0.6) is 5.75 Å². The average molecular weight is 314 g/mol. The molecule has 118 valence electrons. The van der Waals surface area contributed by atoms with E-state index in [1.807, 2.05) is 0 Å². The van der Waals surface area contributed by atoms with Crippen molar-refractivity contribution in [2.75, 3.05) is 21.3 Å². The van der Waals surface area contributed by atoms with Crippen LogP contribution in [0.2, 0.25) is 0 Å². The maximum Gasteiger partial charge on any atom is 0.326 e. The topological polar surface area (TPSA) is 109 Å². The third kappa shape index (κ3) is 1.87. The third-order valence-electron chi connectivity index (χ3n) is 4.22. The lowest BCUT2D eigenvalue weighted by Gasteiger charge is -2.13. The summed E-state index contributed by atoms with van der Waals surface area (Å²) in [5, 5.41) is 19.0. The molecule has 0 radical (unpaired) electrons. The van der Waals surface area contributed by atoms with E-state index in [1.54, 1.807) is 36.4 Å². The summed E-state index contributed by atoms with van der Waals surface area (Å²) < 4.78 is 14.4. The van der Waals surface area contributed by atoms with Crippen LogP contribution in [0.4, 0.5) is 0 Å². The van der Waals surface area contributed by atoms with Gasteiger partial charge in [-0.1, -0.05) is 12.1 Å². The highest BCUT2D eigenvalue weighted by atomic mass is 16.5. The van der Waals surface area contributed by atoms with Crippen LogP contribution in [0.25, 0.3) is 0 Å². The van der Waals surface area contributed by atoms with Crippen LogP contribution in [0, 0.1) is 33.5 Å². The number of carbonyl (C=O) groups excluding carboxylic acids is 2. The smallest absolute Gasteiger partial charge is 0.326 e. The summed E-state index contributed by atoms with van der Waals surface area (Å²) in [7, 11) is 3.68. The van der Waals surface area contributed by atoms with Crippen LogP contribution >= 0.6 is 0 Å². The normalized spacial score (nSPS) is 19.6. The summed E-state index contributed by atoms with van der Waals surface area (Å²) in [6.45, 7) is 0. The molecular formula is C16H14N2O5. The van der Waals surface area contributed by atoms with Gasteiger partial charge in [-0.25, -0.2) is 0 Å². The molecule has 2 rings (SSSR count). The summed E-state index contributed by atoms with van der Waals surface area (Å²) in [5.74, 6) is -2.34. The molecule has 7 nitrogen and oxygen atoms in total. The highest BCUT2D eigenvalue weighted by molar-refractivity contribution is 6.09. The van der Waals surface area contributed by atoms with Gasteiger partial charge >= 0.3 is 11.9 Å². The molecule has 1 aromatic rings. The fraction of sp³-hybridized carbons (Fsp3) is 0.375. The van der Waals surface area contributed by atoms with Crippen molar-refractivity contribution in [1.29, 1.82) is 10.5 Å². The molecule has 0 bridgehead atoms. The fourth-order valence-corrected chi connectivity index (χ4v) is 3.06. The van der Waals surface area contributed by atoms with Gasteiger partial charge < -0.3 is 14.2 Å². The van der Waals surface area contributed by atoms with E-state index in [0.717, 1.165) is 14.2 Å². The number of nitriles is 2. The number of methoxy groups -OCH3 is 3. The average Bonchev–Trinajstić information content (AvgIpc) is 3.24. The zero-order valence-corrected chi connectivity index (χ0v) is 12.8. The lowest BCUT2D eigenvalue weighted by Crippen LogP contribution is -2.34. The number of nitrogens with zero attached hydrogens (tertiary/aromatic N) is 2. The Morgan fingerprint density at radius 3 is 1.83 bits per heavy atom. The van der Waals surface area contributed by atoms with Gasteiger partial charge in [0.2, 0.25) is 5.41 Å². The first kappa shape index (κ1) is 16.3. The molecule has 0 amide bonds. The first-order valence-electron chi connectivity index (χ1n) is 6.63. The van der Waals surface area contributed by atoms with Crippen LogP contribution in [0.15, 0.2) is 24.3 Å². The fourth-order valence-electron chi connectivity index (χ4n) is 3.06. The van der Waals surface area contributed by atoms with Gasteiger partial charge in [-0.2, -0.15) is 10.5 Å². The third-order valence-corrected chi connectivity index (χ3v) is 4.22. The first-order valence-corrected chi connectivity index (χ1v) is 6.63. The van der Waals surface area contributed by atoms with Crippen LogP contribution < -0.4 is 4.74 Å². The number of rotatable bonds is 4. The highest BCUT2D eigenvalue weighted by Crippen LogP contribution is 2.74. The Balaban J connectivity index is 2.64. The number of hydrogen-bond acceptors (Lipinski definition) is 7. The minimum Gasteiger partial charge on any atom is -0.497 e. The van der Waals surface area contributed by atoms with E-state index >= 15 is 0 Å². The molecule has 0 saturated heterocycles. The quantitative estimate of drug-likeness (QED) is 0.605. The van der Waals surface area contributed by atoms with Gasteiger partial charge in [-0.15, -0.1) is 0 Å². The van der Waals surface area contributed by atoms with Crippen molar-refractivity contribution in [2.24, 2.45) is 10.8 Å². The van der Waals surface area contributed by atoms with Gasteiger partial charge in [-0.3, -0.25) is 9.59 Å². The highest BCUT2D eigenvalue weighted by Gasteiger charge is 2.89. The molecule has 1 aromatic carbocycles. The van der Waals surface area contributed by atoms with Crippen LogP contribution in [-0.4, -0.2) is 33.3 Å². The van der Waals surface area contributed by atoms with Crippen molar-refractivity contribution in [3.63, 3.8) is 0 Å². The Morgan fingerprint density at radius 2 is 1.48 bits per heavy atom. The van der Waals surface area contributed by atoms with Crippen LogP contribution in [-0.2, 0) is 19.1 Å². The molecule has 1 aliphatic rings. The number of esters is 2. The standard InChI is InChI=1S/C16H14N2O5/c1-21-11-6-4-10(5-7-11)12-15(8-17,9-18)16(12,13(19)22-2)14(20)23-3/h4-7,12H,1-3H3. The Hall–Kier alpha value is -3.06. The molecular weight excluding hydrogens is 300 g/mol. The zero-order chi connectivity index (χ0) is 17.3. The molecule has 1 atom stereocenters. The predicted molar refractivity (Wildman–Crippen MR) is 75.9 cm³/mol. The largest absolute Gasteiger partial charge is 0.497 e. The summed E-state index contributed by atoms with van der Waals surface area (Å²) in [6.07, 6.45) is 0. The molecule has 23 heavy (non-hydrogen) atoms. The second kappa shape index (κ2) is 5.62. The Morgan fingerprint density at radius 1 is 1.00 bits per heavy atom. The van der Waals surface area contributed by atoms with Crippen molar-refractivity contribution in [2.45, 2.75) is 5.92 Å². The zero-order valence-electron chi connectivity index (χ0n) is 12.8. The van der Waals surface area contributed by atoms with Gasteiger partial charge in [0.05, 0.1) is 33.5 Å². The number of benzene rings is 1. The second-order valence-electron chi connectivity index (χ2n) is 5.03. The Kier molecular flexibility index (Phi) is 3.98. The molecule has 0 N–H and O–H groups in total. The lowest BCUT2D eigenvalue weighted by molar-refractivity contribution is -0.162. The molecule has 0 aliphatic heterocycles. The number of carbonyl (C=O) groups is 2. The molecule has 1 unspecified atom stereocenters. The van der Waals surface area contributed by atoms with Crippen LogP contribution in [0.1, 0.15) is 11.5 Å². The molecule has 0 heterocycles. The molecule has 7 heteroatoms. The van der Waals surface area contributed by atoms with Crippen molar-refractivity contribution >= 4 is 11.9 Å². The summed E-state index contributed by atoms with van der Waals surface area (Å²) in [6, 6.07) is 10.0. The van der Waals surface area contributed by atoms with E-state index in [4.69, 9.17) is 4.74 Å². The van der Waals surface area contributed by atoms with Gasteiger partial charge in [0.1, 0.15) is 5.75 Å². The van der Waals surface area contributed by atoms with Gasteiger partial charge in [-0.05, 0) is 17.7 Å². The summed E-state index contributed by atoms with van der Waals surface area (Å²) >= 11 is 0. The van der Waals surface area contributed by atoms with Crippen molar-refractivity contribution in [1.82, 2.24) is 0 Å². The maximum atomic E-state index is 12.3. The first-order chi connectivity index (χ1) is 11.0. The molecule has 1 fully saturated rings. The van der Waals surface area contributed by atoms with Gasteiger partial charge in [0.15, 0.2) is 5.41 Å². The van der Waals surface area contributed by atoms with E-state index in [9.17, 15) is 20.1 Å². The molecule has 0 spiro atoms.